The van der Waals surface area contributed by atoms with Crippen LogP contribution in [-0.4, -0.2) is 15.3 Å². The van der Waals surface area contributed by atoms with E-state index in [0.29, 0.717) is 16.7 Å². The van der Waals surface area contributed by atoms with Crippen LogP contribution < -0.4 is 10.9 Å². The Balaban J connectivity index is 1.88. The van der Waals surface area contributed by atoms with Gasteiger partial charge in [0.05, 0.1) is 16.6 Å². The Morgan fingerprint density at radius 3 is 2.62 bits per heavy atom. The minimum Gasteiger partial charge on any atom is -0.338 e. The zero-order chi connectivity index (χ0) is 18.3. The van der Waals surface area contributed by atoms with Crippen LogP contribution in [0.25, 0.3) is 16.7 Å². The molecule has 2 heterocycles. The minimum atomic E-state index is -0.397. The first kappa shape index (κ1) is 15.7. The Bertz CT molecular complexity index is 1260. The number of anilines is 1. The van der Waals surface area contributed by atoms with E-state index in [1.165, 1.54) is 10.5 Å². The van der Waals surface area contributed by atoms with E-state index >= 15 is 0 Å². The number of rotatable bonds is 2. The molecule has 0 saturated heterocycles. The van der Waals surface area contributed by atoms with Crippen LogP contribution in [0.4, 0.5) is 5.69 Å². The summed E-state index contributed by atoms with van der Waals surface area (Å²) in [5.41, 5.74) is 3.23. The molecule has 1 amide bonds. The molecule has 0 fully saturated rings. The predicted octanol–water partition coefficient (Wildman–Crippen LogP) is 3.21. The minimum absolute atomic E-state index is 0.0642. The first-order valence-corrected chi connectivity index (χ1v) is 8.03. The summed E-state index contributed by atoms with van der Waals surface area (Å²) in [5.74, 6) is -0.397. The maximum Gasteiger partial charge on any atom is 0.280 e. The van der Waals surface area contributed by atoms with Crippen LogP contribution in [0.3, 0.4) is 0 Å². The number of benzene rings is 2. The number of aryl methyl sites for hydroxylation is 1. The second kappa shape index (κ2) is 5.90. The quantitative estimate of drug-likeness (QED) is 0.586. The number of aromatic amines is 1. The number of nitrogens with one attached hydrogen (secondary N) is 2. The van der Waals surface area contributed by atoms with Gasteiger partial charge in [0.1, 0.15) is 17.4 Å². The van der Waals surface area contributed by atoms with Crippen molar-refractivity contribution < 1.29 is 4.79 Å². The number of amides is 1. The van der Waals surface area contributed by atoms with Crippen molar-refractivity contribution >= 4 is 28.3 Å². The molecule has 0 aliphatic carbocycles. The molecule has 26 heavy (non-hydrogen) atoms. The highest BCUT2D eigenvalue weighted by Crippen LogP contribution is 2.19. The van der Waals surface area contributed by atoms with Crippen LogP contribution in [0, 0.1) is 18.3 Å². The SMILES string of the molecule is Cc1ccc(C(=O)Nc2cc(C#N)c3[nH]c4ccccc4n3c2=O)cc1. The van der Waals surface area contributed by atoms with Crippen LogP contribution in [-0.2, 0) is 0 Å². The maximum atomic E-state index is 12.9. The molecule has 0 unspecified atom stereocenters. The van der Waals surface area contributed by atoms with E-state index in [2.05, 4.69) is 16.4 Å². The van der Waals surface area contributed by atoms with E-state index in [0.717, 1.165) is 11.1 Å². The van der Waals surface area contributed by atoms with Crippen molar-refractivity contribution in [2.75, 3.05) is 5.32 Å². The molecule has 0 atom stereocenters. The average molecular weight is 342 g/mol. The van der Waals surface area contributed by atoms with Gasteiger partial charge in [-0.25, -0.2) is 0 Å². The smallest absolute Gasteiger partial charge is 0.280 e. The van der Waals surface area contributed by atoms with Gasteiger partial charge >= 0.3 is 0 Å². The van der Waals surface area contributed by atoms with Gasteiger partial charge in [-0.3, -0.25) is 14.0 Å². The van der Waals surface area contributed by atoms with Gasteiger partial charge in [-0.2, -0.15) is 5.26 Å². The zero-order valence-corrected chi connectivity index (χ0v) is 13.9. The third kappa shape index (κ3) is 2.43. The first-order valence-electron chi connectivity index (χ1n) is 8.03. The summed E-state index contributed by atoms with van der Waals surface area (Å²) in [7, 11) is 0. The van der Waals surface area contributed by atoms with Gasteiger partial charge in [0, 0.05) is 5.56 Å². The molecule has 0 bridgehead atoms. The van der Waals surface area contributed by atoms with Gasteiger partial charge < -0.3 is 10.3 Å². The number of nitriles is 1. The molecule has 126 valence electrons. The third-order valence-electron chi connectivity index (χ3n) is 4.28. The summed E-state index contributed by atoms with van der Waals surface area (Å²) >= 11 is 0. The fourth-order valence-corrected chi connectivity index (χ4v) is 2.95. The summed E-state index contributed by atoms with van der Waals surface area (Å²) in [6.07, 6.45) is 0. The fourth-order valence-electron chi connectivity index (χ4n) is 2.95. The van der Waals surface area contributed by atoms with Crippen molar-refractivity contribution in [3.63, 3.8) is 0 Å². The lowest BCUT2D eigenvalue weighted by molar-refractivity contribution is 0.102. The summed E-state index contributed by atoms with van der Waals surface area (Å²) in [4.78, 5) is 28.5. The second-order valence-electron chi connectivity index (χ2n) is 6.03. The third-order valence-corrected chi connectivity index (χ3v) is 4.28. The van der Waals surface area contributed by atoms with Gasteiger partial charge in [0.15, 0.2) is 0 Å². The van der Waals surface area contributed by atoms with Gasteiger partial charge in [-0.05, 0) is 37.3 Å². The van der Waals surface area contributed by atoms with E-state index < -0.39 is 11.5 Å². The van der Waals surface area contributed by atoms with Gasteiger partial charge in [0.2, 0.25) is 0 Å². The highest BCUT2D eigenvalue weighted by Gasteiger charge is 2.16. The van der Waals surface area contributed by atoms with E-state index in [4.69, 9.17) is 0 Å². The second-order valence-corrected chi connectivity index (χ2v) is 6.03. The molecule has 0 spiro atoms. The monoisotopic (exact) mass is 342 g/mol. The molecule has 0 aliphatic heterocycles. The van der Waals surface area contributed by atoms with Crippen molar-refractivity contribution in [2.45, 2.75) is 6.92 Å². The first-order chi connectivity index (χ1) is 12.6. The molecule has 4 aromatic rings. The number of hydrogen-bond donors (Lipinski definition) is 2. The van der Waals surface area contributed by atoms with Crippen molar-refractivity contribution in [3.8, 4) is 6.07 Å². The summed E-state index contributed by atoms with van der Waals surface area (Å²) in [6.45, 7) is 1.93. The number of H-pyrrole nitrogens is 1. The lowest BCUT2D eigenvalue weighted by Gasteiger charge is -2.07. The normalized spacial score (nSPS) is 10.8. The van der Waals surface area contributed by atoms with E-state index in [1.54, 1.807) is 18.2 Å². The number of carbonyl (C=O) groups excluding carboxylic acids is 1. The lowest BCUT2D eigenvalue weighted by Crippen LogP contribution is -2.22. The van der Waals surface area contributed by atoms with Crippen molar-refractivity contribution in [1.29, 1.82) is 5.26 Å². The van der Waals surface area contributed by atoms with Gasteiger partial charge in [-0.1, -0.05) is 29.8 Å². The van der Waals surface area contributed by atoms with Crippen LogP contribution in [0.1, 0.15) is 21.5 Å². The largest absolute Gasteiger partial charge is 0.338 e. The molecular formula is C20H14N4O2. The number of aromatic nitrogens is 2. The van der Waals surface area contributed by atoms with Crippen LogP contribution >= 0.6 is 0 Å². The summed E-state index contributed by atoms with van der Waals surface area (Å²) < 4.78 is 1.42. The molecule has 6 heteroatoms. The number of fused-ring (bicyclic) bond motifs is 3. The Morgan fingerprint density at radius 2 is 1.88 bits per heavy atom. The molecule has 0 saturated carbocycles. The summed E-state index contributed by atoms with van der Waals surface area (Å²) in [5, 5.41) is 12.1. The fraction of sp³-hybridized carbons (Fsp3) is 0.0500. The Labute approximate surface area is 148 Å². The molecule has 4 rings (SSSR count). The average Bonchev–Trinajstić information content (AvgIpc) is 3.04. The molecule has 0 radical (unpaired) electrons. The molecule has 2 aromatic heterocycles. The number of nitrogens with zero attached hydrogens (tertiary/aromatic N) is 2. The molecular weight excluding hydrogens is 328 g/mol. The van der Waals surface area contributed by atoms with E-state index in [1.807, 2.05) is 37.3 Å². The van der Waals surface area contributed by atoms with Crippen LogP contribution in [0.15, 0.2) is 59.4 Å². The number of carbonyl (C=O) groups is 1. The van der Waals surface area contributed by atoms with E-state index in [9.17, 15) is 14.9 Å². The van der Waals surface area contributed by atoms with Gasteiger partial charge in [-0.15, -0.1) is 0 Å². The Hall–Kier alpha value is -3.85. The molecule has 2 aromatic carbocycles. The number of imidazole rings is 1. The Kier molecular flexibility index (Phi) is 3.55. The standard InChI is InChI=1S/C20H14N4O2/c1-12-6-8-13(9-7-12)19(25)23-16-10-14(11-21)18-22-15-4-2-3-5-17(15)24(18)20(16)26/h2-10,22H,1H3,(H,23,25). The topological polar surface area (TPSA) is 90.2 Å². The van der Waals surface area contributed by atoms with Crippen LogP contribution in [0.2, 0.25) is 0 Å². The maximum absolute atomic E-state index is 12.9. The van der Waals surface area contributed by atoms with Crippen molar-refractivity contribution in [2.24, 2.45) is 0 Å². The summed E-state index contributed by atoms with van der Waals surface area (Å²) in [6, 6.07) is 17.8. The highest BCUT2D eigenvalue weighted by atomic mass is 16.2. The number of para-hydroxylation sites is 2. The number of hydrogen-bond acceptors (Lipinski definition) is 3. The zero-order valence-electron chi connectivity index (χ0n) is 13.9. The molecule has 2 N–H and O–H groups in total. The van der Waals surface area contributed by atoms with E-state index in [-0.39, 0.29) is 11.3 Å². The molecule has 6 nitrogen and oxygen atoms in total. The molecule has 0 aliphatic rings. The lowest BCUT2D eigenvalue weighted by atomic mass is 10.1. The Morgan fingerprint density at radius 1 is 1.15 bits per heavy atom. The van der Waals surface area contributed by atoms with Crippen molar-refractivity contribution in [1.82, 2.24) is 9.38 Å². The van der Waals surface area contributed by atoms with Crippen LogP contribution in [0.5, 0.6) is 0 Å². The highest BCUT2D eigenvalue weighted by molar-refractivity contribution is 6.04. The predicted molar refractivity (Wildman–Crippen MR) is 99.4 cm³/mol. The van der Waals surface area contributed by atoms with Crippen molar-refractivity contribution in [3.05, 3.63) is 81.6 Å². The number of pyridine rings is 1. The van der Waals surface area contributed by atoms with Gasteiger partial charge in [0.25, 0.3) is 11.5 Å².